The summed E-state index contributed by atoms with van der Waals surface area (Å²) in [7, 11) is 1.30. The van der Waals surface area contributed by atoms with E-state index in [4.69, 9.17) is 16.3 Å². The van der Waals surface area contributed by atoms with Gasteiger partial charge in [0.15, 0.2) is 0 Å². The number of halogens is 2. The number of methoxy groups -OCH3 is 1. The molecule has 0 spiro atoms. The lowest BCUT2D eigenvalue weighted by molar-refractivity contribution is -0.132. The minimum atomic E-state index is -0.557. The fraction of sp³-hybridized carbons (Fsp3) is 0.235. The monoisotopic (exact) mass is 423 g/mol. The maximum absolute atomic E-state index is 12.7. The number of benzene rings is 1. The number of hydrogen-bond acceptors (Lipinski definition) is 5. The third kappa shape index (κ3) is 3.48. The van der Waals surface area contributed by atoms with Crippen LogP contribution in [-0.2, 0) is 14.3 Å². The van der Waals surface area contributed by atoms with E-state index in [1.165, 1.54) is 7.11 Å². The largest absolute Gasteiger partial charge is 0.464 e. The molecule has 2 atom stereocenters. The lowest BCUT2D eigenvalue weighted by Gasteiger charge is -2.31. The molecule has 0 aliphatic carbocycles. The van der Waals surface area contributed by atoms with Gasteiger partial charge in [-0.25, -0.2) is 4.79 Å². The van der Waals surface area contributed by atoms with E-state index in [0.29, 0.717) is 16.0 Å². The second-order valence-electron chi connectivity index (χ2n) is 5.43. The molecule has 0 radical (unpaired) electrons. The Kier molecular flexibility index (Phi) is 5.24. The molecule has 0 fully saturated rings. The summed E-state index contributed by atoms with van der Waals surface area (Å²) < 4.78 is 4.75. The molecule has 1 aromatic carbocycles. The molecule has 0 saturated heterocycles. The summed E-state index contributed by atoms with van der Waals surface area (Å²) in [6.07, 6.45) is 4.67. The third-order valence-corrected chi connectivity index (χ3v) is 4.84. The minimum Gasteiger partial charge on any atom is -0.464 e. The Balaban J connectivity index is 1.85. The number of para-hydroxylation sites is 1. The van der Waals surface area contributed by atoms with Crippen LogP contribution in [0.1, 0.15) is 0 Å². The Hall–Kier alpha value is -2.12. The molecule has 6 nitrogen and oxygen atoms in total. The van der Waals surface area contributed by atoms with Gasteiger partial charge in [-0.05, 0) is 18.2 Å². The van der Waals surface area contributed by atoms with Gasteiger partial charge in [0.25, 0.3) is 0 Å². The number of amides is 1. The fourth-order valence-corrected chi connectivity index (χ4v) is 3.33. The standard InChI is InChI=1S/C17H15BrClN3O3/c1-25-17(24)14-8-10(9-18)22-7-6-11(15(22)20-14)16(23)21-13-5-3-2-4-12(13)19/h2-8,11,15H,9H2,1H3,(H,21,23). The Morgan fingerprint density at radius 3 is 2.84 bits per heavy atom. The number of rotatable bonds is 4. The molecule has 0 aromatic heterocycles. The Labute approximate surface area is 158 Å². The quantitative estimate of drug-likeness (QED) is 0.596. The van der Waals surface area contributed by atoms with Crippen LogP contribution in [0.5, 0.6) is 0 Å². The van der Waals surface area contributed by atoms with Gasteiger partial charge in [0.1, 0.15) is 11.9 Å². The molecule has 8 heteroatoms. The summed E-state index contributed by atoms with van der Waals surface area (Å²) in [4.78, 5) is 30.8. The molecule has 0 bridgehead atoms. The molecule has 3 rings (SSSR count). The van der Waals surface area contributed by atoms with Crippen molar-refractivity contribution in [3.63, 3.8) is 0 Å². The van der Waals surface area contributed by atoms with Gasteiger partial charge in [-0.2, -0.15) is 0 Å². The van der Waals surface area contributed by atoms with Crippen molar-refractivity contribution in [3.8, 4) is 0 Å². The number of fused-ring (bicyclic) bond motifs is 1. The van der Waals surface area contributed by atoms with Gasteiger partial charge >= 0.3 is 5.97 Å². The topological polar surface area (TPSA) is 71.0 Å². The number of allylic oxidation sites excluding steroid dienone is 1. The van der Waals surface area contributed by atoms with Gasteiger partial charge in [-0.1, -0.05) is 45.7 Å². The van der Waals surface area contributed by atoms with Crippen LogP contribution >= 0.6 is 27.5 Å². The van der Waals surface area contributed by atoms with Crippen molar-refractivity contribution < 1.29 is 14.3 Å². The van der Waals surface area contributed by atoms with Crippen LogP contribution in [0, 0.1) is 5.92 Å². The first-order valence-corrected chi connectivity index (χ1v) is 9.00. The summed E-state index contributed by atoms with van der Waals surface area (Å²) in [6, 6.07) is 7.01. The van der Waals surface area contributed by atoms with E-state index >= 15 is 0 Å². The Morgan fingerprint density at radius 2 is 2.16 bits per heavy atom. The highest BCUT2D eigenvalue weighted by Crippen LogP contribution is 2.32. The van der Waals surface area contributed by atoms with Crippen LogP contribution in [0.15, 0.2) is 53.3 Å². The van der Waals surface area contributed by atoms with Gasteiger partial charge in [-0.15, -0.1) is 0 Å². The lowest BCUT2D eigenvalue weighted by Crippen LogP contribution is -2.40. The predicted molar refractivity (Wildman–Crippen MR) is 99.7 cm³/mol. The molecule has 130 valence electrons. The SMILES string of the molecule is COC(=O)C1=NC2C(C(=O)Nc3ccccc3Cl)C=CN2C(CBr)=C1. The molecule has 0 saturated carbocycles. The van der Waals surface area contributed by atoms with Crippen LogP contribution in [0.2, 0.25) is 5.02 Å². The average Bonchev–Trinajstić information content (AvgIpc) is 3.06. The van der Waals surface area contributed by atoms with E-state index in [-0.39, 0.29) is 11.6 Å². The molecule has 25 heavy (non-hydrogen) atoms. The van der Waals surface area contributed by atoms with E-state index in [2.05, 4.69) is 26.2 Å². The highest BCUT2D eigenvalue weighted by Gasteiger charge is 2.38. The maximum atomic E-state index is 12.7. The molecule has 1 amide bonds. The molecule has 2 heterocycles. The summed E-state index contributed by atoms with van der Waals surface area (Å²) in [5.74, 6) is -1.34. The van der Waals surface area contributed by atoms with Gasteiger partial charge in [0.2, 0.25) is 5.91 Å². The lowest BCUT2D eigenvalue weighted by atomic mass is 10.1. The Bertz CT molecular complexity index is 806. The minimum absolute atomic E-state index is 0.192. The molecule has 2 unspecified atom stereocenters. The van der Waals surface area contributed by atoms with Crippen LogP contribution in [-0.4, -0.2) is 41.1 Å². The van der Waals surface area contributed by atoms with Crippen LogP contribution < -0.4 is 5.32 Å². The van der Waals surface area contributed by atoms with Crippen LogP contribution in [0.25, 0.3) is 0 Å². The zero-order valence-electron chi connectivity index (χ0n) is 13.3. The molecule has 1 aromatic rings. The number of carbonyl (C=O) groups is 2. The highest BCUT2D eigenvalue weighted by atomic mass is 79.9. The summed E-state index contributed by atoms with van der Waals surface area (Å²) in [5.41, 5.74) is 1.55. The first kappa shape index (κ1) is 17.7. The zero-order valence-corrected chi connectivity index (χ0v) is 15.6. The summed E-state index contributed by atoms with van der Waals surface area (Å²) in [5, 5.41) is 3.78. The normalized spacial score (nSPS) is 21.3. The second-order valence-corrected chi connectivity index (χ2v) is 6.40. The average molecular weight is 425 g/mol. The van der Waals surface area contributed by atoms with Crippen molar-refractivity contribution >= 4 is 50.8 Å². The zero-order chi connectivity index (χ0) is 18.0. The van der Waals surface area contributed by atoms with Crippen molar-refractivity contribution in [2.75, 3.05) is 17.8 Å². The van der Waals surface area contributed by atoms with Crippen molar-refractivity contribution in [3.05, 3.63) is 53.3 Å². The van der Waals surface area contributed by atoms with E-state index in [1.54, 1.807) is 42.6 Å². The second kappa shape index (κ2) is 7.41. The van der Waals surface area contributed by atoms with Crippen molar-refractivity contribution in [1.29, 1.82) is 0 Å². The Morgan fingerprint density at radius 1 is 1.40 bits per heavy atom. The maximum Gasteiger partial charge on any atom is 0.356 e. The first-order chi connectivity index (χ1) is 12.0. The predicted octanol–water partition coefficient (Wildman–Crippen LogP) is 2.96. The number of anilines is 1. The van der Waals surface area contributed by atoms with Crippen LogP contribution in [0.4, 0.5) is 5.69 Å². The van der Waals surface area contributed by atoms with Crippen molar-refractivity contribution in [2.24, 2.45) is 10.9 Å². The number of ether oxygens (including phenoxy) is 1. The van der Waals surface area contributed by atoms with Gasteiger partial charge < -0.3 is 15.0 Å². The van der Waals surface area contributed by atoms with E-state index in [0.717, 1.165) is 5.70 Å². The number of aliphatic imine (C=N–C) groups is 1. The molecular formula is C17H15BrClN3O3. The first-order valence-electron chi connectivity index (χ1n) is 7.50. The number of esters is 1. The molecule has 2 aliphatic rings. The van der Waals surface area contributed by atoms with E-state index < -0.39 is 18.1 Å². The number of carbonyl (C=O) groups excluding carboxylic acids is 2. The van der Waals surface area contributed by atoms with Crippen LogP contribution in [0.3, 0.4) is 0 Å². The smallest absolute Gasteiger partial charge is 0.356 e. The number of nitrogens with zero attached hydrogens (tertiary/aromatic N) is 2. The highest BCUT2D eigenvalue weighted by molar-refractivity contribution is 9.09. The molecule has 1 N–H and O–H groups in total. The van der Waals surface area contributed by atoms with E-state index in [9.17, 15) is 9.59 Å². The number of nitrogens with one attached hydrogen (secondary N) is 1. The van der Waals surface area contributed by atoms with Crippen molar-refractivity contribution in [1.82, 2.24) is 4.90 Å². The number of hydrogen-bond donors (Lipinski definition) is 1. The third-order valence-electron chi connectivity index (χ3n) is 3.93. The molecule has 2 aliphatic heterocycles. The van der Waals surface area contributed by atoms with Gasteiger partial charge in [-0.3, -0.25) is 9.79 Å². The summed E-state index contributed by atoms with van der Waals surface area (Å²) >= 11 is 9.49. The van der Waals surface area contributed by atoms with Crippen molar-refractivity contribution in [2.45, 2.75) is 6.17 Å². The molecular weight excluding hydrogens is 410 g/mol. The van der Waals surface area contributed by atoms with Gasteiger partial charge in [0.05, 0.1) is 23.7 Å². The number of alkyl halides is 1. The van der Waals surface area contributed by atoms with E-state index in [1.807, 2.05) is 4.90 Å². The fourth-order valence-electron chi connectivity index (χ4n) is 2.69. The van der Waals surface area contributed by atoms with Gasteiger partial charge in [0, 0.05) is 17.2 Å². The summed E-state index contributed by atoms with van der Waals surface area (Å²) in [6.45, 7) is 0.